The van der Waals surface area contributed by atoms with Crippen molar-refractivity contribution in [2.24, 2.45) is 0 Å². The van der Waals surface area contributed by atoms with Crippen molar-refractivity contribution in [2.45, 2.75) is 51.7 Å². The lowest BCUT2D eigenvalue weighted by Crippen LogP contribution is -2.54. The number of hydrogen-bond donors (Lipinski definition) is 1. The van der Waals surface area contributed by atoms with Crippen molar-refractivity contribution in [1.82, 2.24) is 20.3 Å². The van der Waals surface area contributed by atoms with E-state index >= 15 is 0 Å². The fraction of sp³-hybridized carbons (Fsp3) is 0.556. The van der Waals surface area contributed by atoms with Gasteiger partial charge in [0.05, 0.1) is 6.20 Å². The highest BCUT2D eigenvalue weighted by atomic mass is 35.5. The Morgan fingerprint density at radius 2 is 1.96 bits per heavy atom. The number of alkyl carbamates (subject to hydrolysis) is 1. The third kappa shape index (κ3) is 4.52. The van der Waals surface area contributed by atoms with Crippen molar-refractivity contribution in [2.75, 3.05) is 18.0 Å². The molecule has 1 fully saturated rings. The van der Waals surface area contributed by atoms with Crippen LogP contribution in [0.3, 0.4) is 0 Å². The quantitative estimate of drug-likeness (QED) is 0.806. The van der Waals surface area contributed by atoms with E-state index in [-0.39, 0.29) is 11.6 Å². The average Bonchev–Trinajstić information content (AvgIpc) is 2.53. The second-order valence-electron chi connectivity index (χ2n) is 7.88. The van der Waals surface area contributed by atoms with Crippen molar-refractivity contribution < 1.29 is 9.53 Å². The van der Waals surface area contributed by atoms with Crippen LogP contribution in [-0.4, -0.2) is 45.3 Å². The van der Waals surface area contributed by atoms with Crippen LogP contribution < -0.4 is 10.2 Å². The number of rotatable bonds is 2. The van der Waals surface area contributed by atoms with Crippen LogP contribution in [0.4, 0.5) is 10.6 Å². The molecule has 3 rings (SSSR count). The van der Waals surface area contributed by atoms with Crippen LogP contribution in [0.2, 0.25) is 5.15 Å². The number of anilines is 1. The molecule has 0 bridgehead atoms. The lowest BCUT2D eigenvalue weighted by atomic mass is 9.90. The van der Waals surface area contributed by atoms with Gasteiger partial charge < -0.3 is 15.0 Å². The van der Waals surface area contributed by atoms with E-state index in [1.807, 2.05) is 33.8 Å². The molecular formula is C18H24ClN5O2. The monoisotopic (exact) mass is 377 g/mol. The first-order valence-corrected chi connectivity index (χ1v) is 9.07. The average molecular weight is 378 g/mol. The Morgan fingerprint density at radius 3 is 2.62 bits per heavy atom. The second-order valence-corrected chi connectivity index (χ2v) is 8.27. The normalized spacial score (nSPS) is 17.2. The summed E-state index contributed by atoms with van der Waals surface area (Å²) in [6.07, 6.45) is 2.94. The number of amides is 1. The van der Waals surface area contributed by atoms with Gasteiger partial charge in [-0.2, -0.15) is 0 Å². The van der Waals surface area contributed by atoms with Crippen molar-refractivity contribution in [1.29, 1.82) is 0 Å². The van der Waals surface area contributed by atoms with Gasteiger partial charge in [0.1, 0.15) is 22.1 Å². The summed E-state index contributed by atoms with van der Waals surface area (Å²) in [7, 11) is 0. The van der Waals surface area contributed by atoms with Crippen LogP contribution in [-0.2, 0) is 4.74 Å². The molecule has 1 N–H and O–H groups in total. The molecule has 2 aromatic rings. The Labute approximate surface area is 158 Å². The first kappa shape index (κ1) is 18.6. The summed E-state index contributed by atoms with van der Waals surface area (Å²) in [5.41, 5.74) is 0.457. The Balaban J connectivity index is 1.64. The van der Waals surface area contributed by atoms with Crippen LogP contribution >= 0.6 is 11.6 Å². The molecule has 140 valence electrons. The van der Waals surface area contributed by atoms with Crippen LogP contribution in [0.25, 0.3) is 11.2 Å². The van der Waals surface area contributed by atoms with E-state index in [0.29, 0.717) is 16.3 Å². The minimum Gasteiger partial charge on any atom is -0.444 e. The molecule has 1 amide bonds. The highest BCUT2D eigenvalue weighted by molar-refractivity contribution is 6.29. The molecule has 0 atom stereocenters. The smallest absolute Gasteiger partial charge is 0.408 e. The van der Waals surface area contributed by atoms with Crippen molar-refractivity contribution in [3.05, 3.63) is 23.5 Å². The molecule has 26 heavy (non-hydrogen) atoms. The second kappa shape index (κ2) is 6.87. The summed E-state index contributed by atoms with van der Waals surface area (Å²) in [6.45, 7) is 9.17. The molecule has 0 aromatic carbocycles. The molecule has 0 aliphatic carbocycles. The van der Waals surface area contributed by atoms with Gasteiger partial charge in [0.15, 0.2) is 5.65 Å². The highest BCUT2D eigenvalue weighted by Crippen LogP contribution is 2.26. The van der Waals surface area contributed by atoms with Gasteiger partial charge in [-0.05, 0) is 52.7 Å². The van der Waals surface area contributed by atoms with Gasteiger partial charge in [-0.1, -0.05) is 11.6 Å². The molecule has 0 saturated carbocycles. The predicted octanol–water partition coefficient (Wildman–Crippen LogP) is 3.56. The number of nitrogens with one attached hydrogen (secondary N) is 1. The zero-order valence-corrected chi connectivity index (χ0v) is 16.3. The van der Waals surface area contributed by atoms with Crippen molar-refractivity contribution >= 4 is 34.7 Å². The lowest BCUT2D eigenvalue weighted by molar-refractivity contribution is 0.0448. The Bertz CT molecular complexity index is 813. The standard InChI is InChI=1S/C18H24ClN5O2/c1-17(2,3)26-16(25)23-18(4)7-9-24(10-8-18)14-11-20-15-12(21-14)5-6-13(19)22-15/h5-6,11H,7-10H2,1-4H3,(H,23,25). The number of piperidine rings is 1. The number of halogens is 1. The van der Waals surface area contributed by atoms with Crippen LogP contribution in [0.5, 0.6) is 0 Å². The largest absolute Gasteiger partial charge is 0.444 e. The number of carbonyl (C=O) groups excluding carboxylic acids is 1. The maximum absolute atomic E-state index is 12.1. The van der Waals surface area contributed by atoms with Gasteiger partial charge in [0.25, 0.3) is 0 Å². The third-order valence-corrected chi connectivity index (χ3v) is 4.56. The number of hydrogen-bond acceptors (Lipinski definition) is 6. The molecule has 1 aliphatic rings. The highest BCUT2D eigenvalue weighted by Gasteiger charge is 2.33. The molecule has 7 nitrogen and oxygen atoms in total. The first-order chi connectivity index (χ1) is 12.1. The van der Waals surface area contributed by atoms with Crippen LogP contribution in [0.1, 0.15) is 40.5 Å². The third-order valence-electron chi connectivity index (χ3n) is 4.35. The van der Waals surface area contributed by atoms with E-state index in [0.717, 1.165) is 31.7 Å². The zero-order chi connectivity index (χ0) is 18.9. The molecule has 3 heterocycles. The van der Waals surface area contributed by atoms with Gasteiger partial charge in [-0.25, -0.2) is 19.7 Å². The lowest BCUT2D eigenvalue weighted by Gasteiger charge is -2.40. The number of nitrogens with zero attached hydrogens (tertiary/aromatic N) is 4. The topological polar surface area (TPSA) is 80.2 Å². The minimum absolute atomic E-state index is 0.293. The van der Waals surface area contributed by atoms with Crippen LogP contribution in [0.15, 0.2) is 18.3 Å². The molecule has 8 heteroatoms. The summed E-state index contributed by atoms with van der Waals surface area (Å²) >= 11 is 5.89. The molecular weight excluding hydrogens is 354 g/mol. The number of pyridine rings is 1. The molecule has 1 aliphatic heterocycles. The Hall–Kier alpha value is -2.15. The van der Waals surface area contributed by atoms with Gasteiger partial charge in [-0.3, -0.25) is 0 Å². The summed E-state index contributed by atoms with van der Waals surface area (Å²) in [5.74, 6) is 0.806. The zero-order valence-electron chi connectivity index (χ0n) is 15.5. The maximum Gasteiger partial charge on any atom is 0.408 e. The molecule has 1 saturated heterocycles. The Morgan fingerprint density at radius 1 is 1.27 bits per heavy atom. The fourth-order valence-electron chi connectivity index (χ4n) is 2.93. The minimum atomic E-state index is -0.501. The van der Waals surface area contributed by atoms with E-state index in [1.165, 1.54) is 0 Å². The van der Waals surface area contributed by atoms with Gasteiger partial charge in [-0.15, -0.1) is 0 Å². The summed E-state index contributed by atoms with van der Waals surface area (Å²) in [6, 6.07) is 3.53. The number of aromatic nitrogens is 3. The Kier molecular flexibility index (Phi) is 4.92. The van der Waals surface area contributed by atoms with E-state index in [1.54, 1.807) is 12.3 Å². The SMILES string of the molecule is CC1(NC(=O)OC(C)(C)C)CCN(c2cnc3nc(Cl)ccc3n2)CC1. The molecule has 0 radical (unpaired) electrons. The van der Waals surface area contributed by atoms with E-state index in [2.05, 4.69) is 25.2 Å². The van der Waals surface area contributed by atoms with Crippen molar-refractivity contribution in [3.63, 3.8) is 0 Å². The number of fused-ring (bicyclic) bond motifs is 1. The van der Waals surface area contributed by atoms with Crippen LogP contribution in [0, 0.1) is 0 Å². The van der Waals surface area contributed by atoms with E-state index < -0.39 is 5.60 Å². The van der Waals surface area contributed by atoms with E-state index in [4.69, 9.17) is 16.3 Å². The summed E-state index contributed by atoms with van der Waals surface area (Å²) < 4.78 is 5.37. The molecule has 0 unspecified atom stereocenters. The van der Waals surface area contributed by atoms with Gasteiger partial charge >= 0.3 is 6.09 Å². The van der Waals surface area contributed by atoms with Gasteiger partial charge in [0.2, 0.25) is 0 Å². The summed E-state index contributed by atoms with van der Waals surface area (Å²) in [5, 5.41) is 3.42. The predicted molar refractivity (Wildman–Crippen MR) is 102 cm³/mol. The van der Waals surface area contributed by atoms with Gasteiger partial charge in [0, 0.05) is 18.6 Å². The number of ether oxygens (including phenoxy) is 1. The first-order valence-electron chi connectivity index (χ1n) is 8.69. The van der Waals surface area contributed by atoms with Crippen molar-refractivity contribution in [3.8, 4) is 0 Å². The number of carbonyl (C=O) groups is 1. The summed E-state index contributed by atoms with van der Waals surface area (Å²) in [4.78, 5) is 27.4. The molecule has 0 spiro atoms. The molecule has 2 aromatic heterocycles. The van der Waals surface area contributed by atoms with E-state index in [9.17, 15) is 4.79 Å². The fourth-order valence-corrected chi connectivity index (χ4v) is 3.07. The maximum atomic E-state index is 12.1.